The molecule has 1 fully saturated rings. The second kappa shape index (κ2) is 8.32. The highest BCUT2D eigenvalue weighted by molar-refractivity contribution is 5.85. The van der Waals surface area contributed by atoms with E-state index in [-0.39, 0.29) is 12.4 Å². The van der Waals surface area contributed by atoms with Crippen molar-refractivity contribution >= 4 is 12.4 Å². The topological polar surface area (TPSA) is 41.3 Å². The molecule has 1 aromatic heterocycles. The van der Waals surface area contributed by atoms with Crippen molar-refractivity contribution in [3.05, 3.63) is 42.3 Å². The minimum Gasteiger partial charge on any atom is -0.444 e. The van der Waals surface area contributed by atoms with Gasteiger partial charge in [-0.25, -0.2) is 4.98 Å². The Bertz CT molecular complexity index is 550. The molecule has 2 heterocycles. The van der Waals surface area contributed by atoms with E-state index in [1.807, 2.05) is 30.3 Å². The maximum Gasteiger partial charge on any atom is 0.226 e. The summed E-state index contributed by atoms with van der Waals surface area (Å²) in [7, 11) is 2.19. The molecule has 0 radical (unpaired) electrons. The maximum absolute atomic E-state index is 5.61. The SMILES string of the molecule is CN(Cc1coc(-c2ccccc2)n1)C1CCCNCC1.Cl. The van der Waals surface area contributed by atoms with E-state index >= 15 is 0 Å². The van der Waals surface area contributed by atoms with Crippen molar-refractivity contribution in [1.29, 1.82) is 0 Å². The van der Waals surface area contributed by atoms with E-state index in [1.54, 1.807) is 6.26 Å². The van der Waals surface area contributed by atoms with Crippen LogP contribution in [-0.4, -0.2) is 36.1 Å². The zero-order chi connectivity index (χ0) is 14.5. The second-order valence-electron chi connectivity index (χ2n) is 5.76. The zero-order valence-corrected chi connectivity index (χ0v) is 13.8. The van der Waals surface area contributed by atoms with Gasteiger partial charge < -0.3 is 9.73 Å². The van der Waals surface area contributed by atoms with Crippen LogP contribution in [-0.2, 0) is 6.54 Å². The highest BCUT2D eigenvalue weighted by Crippen LogP contribution is 2.20. The molecule has 4 nitrogen and oxygen atoms in total. The van der Waals surface area contributed by atoms with Crippen LogP contribution in [0, 0.1) is 0 Å². The van der Waals surface area contributed by atoms with Gasteiger partial charge in [0.15, 0.2) is 0 Å². The zero-order valence-electron chi connectivity index (χ0n) is 13.0. The Morgan fingerprint density at radius 1 is 1.23 bits per heavy atom. The molecular weight excluding hydrogens is 298 g/mol. The van der Waals surface area contributed by atoms with Crippen LogP contribution in [0.5, 0.6) is 0 Å². The van der Waals surface area contributed by atoms with Gasteiger partial charge in [0.2, 0.25) is 5.89 Å². The molecule has 1 unspecified atom stereocenters. The Hall–Kier alpha value is -1.36. The Kier molecular flexibility index (Phi) is 6.43. The summed E-state index contributed by atoms with van der Waals surface area (Å²) in [4.78, 5) is 7.02. The van der Waals surface area contributed by atoms with E-state index in [4.69, 9.17) is 4.42 Å². The molecule has 0 aliphatic carbocycles. The summed E-state index contributed by atoms with van der Waals surface area (Å²) >= 11 is 0. The molecule has 2 aromatic rings. The molecule has 1 saturated heterocycles. The number of halogens is 1. The highest BCUT2D eigenvalue weighted by atomic mass is 35.5. The fourth-order valence-electron chi connectivity index (χ4n) is 2.92. The van der Waals surface area contributed by atoms with Crippen LogP contribution >= 0.6 is 12.4 Å². The first-order chi connectivity index (χ1) is 10.3. The van der Waals surface area contributed by atoms with Crippen LogP contribution < -0.4 is 5.32 Å². The molecule has 0 saturated carbocycles. The lowest BCUT2D eigenvalue weighted by molar-refractivity contribution is 0.214. The summed E-state index contributed by atoms with van der Waals surface area (Å²) in [6.45, 7) is 3.11. The minimum atomic E-state index is 0. The average molecular weight is 322 g/mol. The standard InChI is InChI=1S/C17H23N3O.ClH/c1-20(16-8-5-10-18-11-9-16)12-15-13-21-17(19-15)14-6-3-2-4-7-14;/h2-4,6-7,13,16,18H,5,8-12H2,1H3;1H. The molecule has 3 rings (SSSR count). The van der Waals surface area contributed by atoms with E-state index in [0.717, 1.165) is 30.9 Å². The van der Waals surface area contributed by atoms with Crippen LogP contribution in [0.3, 0.4) is 0 Å². The largest absolute Gasteiger partial charge is 0.444 e. The summed E-state index contributed by atoms with van der Waals surface area (Å²) in [5, 5.41) is 3.46. The molecule has 120 valence electrons. The van der Waals surface area contributed by atoms with Gasteiger partial charge in [0.25, 0.3) is 0 Å². The van der Waals surface area contributed by atoms with Crippen molar-refractivity contribution in [3.8, 4) is 11.5 Å². The fraction of sp³-hybridized carbons (Fsp3) is 0.471. The Morgan fingerprint density at radius 3 is 2.86 bits per heavy atom. The third kappa shape index (κ3) is 4.32. The number of nitrogens with zero attached hydrogens (tertiary/aromatic N) is 2. The first-order valence-corrected chi connectivity index (χ1v) is 7.74. The predicted molar refractivity (Wildman–Crippen MR) is 91.2 cm³/mol. The fourth-order valence-corrected chi connectivity index (χ4v) is 2.92. The van der Waals surface area contributed by atoms with Gasteiger partial charge in [-0.3, -0.25) is 4.90 Å². The van der Waals surface area contributed by atoms with Gasteiger partial charge in [-0.15, -0.1) is 12.4 Å². The lowest BCUT2D eigenvalue weighted by Gasteiger charge is -2.25. The van der Waals surface area contributed by atoms with Crippen molar-refractivity contribution in [2.45, 2.75) is 31.8 Å². The number of benzene rings is 1. The molecule has 5 heteroatoms. The number of nitrogens with one attached hydrogen (secondary N) is 1. The molecule has 1 atom stereocenters. The molecule has 1 aromatic carbocycles. The normalized spacial score (nSPS) is 18.7. The number of hydrogen-bond acceptors (Lipinski definition) is 4. The first-order valence-electron chi connectivity index (χ1n) is 7.74. The van der Waals surface area contributed by atoms with Gasteiger partial charge in [-0.1, -0.05) is 18.2 Å². The van der Waals surface area contributed by atoms with Crippen molar-refractivity contribution in [2.75, 3.05) is 20.1 Å². The molecule has 0 spiro atoms. The number of aromatic nitrogens is 1. The number of hydrogen-bond donors (Lipinski definition) is 1. The lowest BCUT2D eigenvalue weighted by Crippen LogP contribution is -2.32. The van der Waals surface area contributed by atoms with Gasteiger partial charge in [0.1, 0.15) is 6.26 Å². The predicted octanol–water partition coefficient (Wildman–Crippen LogP) is 3.34. The van der Waals surface area contributed by atoms with Gasteiger partial charge in [0.05, 0.1) is 5.69 Å². The summed E-state index contributed by atoms with van der Waals surface area (Å²) in [6, 6.07) is 10.7. The van der Waals surface area contributed by atoms with Gasteiger partial charge >= 0.3 is 0 Å². The van der Waals surface area contributed by atoms with Gasteiger partial charge in [-0.2, -0.15) is 0 Å². The summed E-state index contributed by atoms with van der Waals surface area (Å²) in [5.74, 6) is 0.710. The molecular formula is C17H24ClN3O. The van der Waals surface area contributed by atoms with Crippen LogP contribution in [0.25, 0.3) is 11.5 Å². The van der Waals surface area contributed by atoms with Crippen molar-refractivity contribution in [1.82, 2.24) is 15.2 Å². The van der Waals surface area contributed by atoms with E-state index in [0.29, 0.717) is 11.9 Å². The monoisotopic (exact) mass is 321 g/mol. The third-order valence-corrected chi connectivity index (χ3v) is 4.15. The molecule has 1 aliphatic heterocycles. The van der Waals surface area contributed by atoms with Gasteiger partial charge in [-0.05, 0) is 51.5 Å². The summed E-state index contributed by atoms with van der Waals surface area (Å²) < 4.78 is 5.61. The van der Waals surface area contributed by atoms with Gasteiger partial charge in [0, 0.05) is 18.2 Å². The van der Waals surface area contributed by atoms with Crippen LogP contribution in [0.2, 0.25) is 0 Å². The average Bonchev–Trinajstić information content (AvgIpc) is 2.81. The summed E-state index contributed by atoms with van der Waals surface area (Å²) in [6.07, 6.45) is 5.50. The Balaban J connectivity index is 0.00000176. The van der Waals surface area contributed by atoms with Crippen molar-refractivity contribution in [2.24, 2.45) is 0 Å². The Labute approximate surface area is 138 Å². The maximum atomic E-state index is 5.61. The number of rotatable bonds is 4. The molecule has 1 aliphatic rings. The van der Waals surface area contributed by atoms with E-state index in [2.05, 4.69) is 22.2 Å². The molecule has 1 N–H and O–H groups in total. The minimum absolute atomic E-state index is 0. The quantitative estimate of drug-likeness (QED) is 0.937. The van der Waals surface area contributed by atoms with Crippen LogP contribution in [0.1, 0.15) is 25.0 Å². The van der Waals surface area contributed by atoms with Crippen LogP contribution in [0.4, 0.5) is 0 Å². The Morgan fingerprint density at radius 2 is 2.05 bits per heavy atom. The van der Waals surface area contributed by atoms with Crippen LogP contribution in [0.15, 0.2) is 41.0 Å². The number of oxazole rings is 1. The molecule has 0 amide bonds. The summed E-state index contributed by atoms with van der Waals surface area (Å²) in [5.41, 5.74) is 2.04. The van der Waals surface area contributed by atoms with Crippen molar-refractivity contribution < 1.29 is 4.42 Å². The lowest BCUT2D eigenvalue weighted by atomic mass is 10.1. The first kappa shape index (κ1) is 17.0. The van der Waals surface area contributed by atoms with E-state index in [1.165, 1.54) is 19.3 Å². The smallest absolute Gasteiger partial charge is 0.226 e. The molecule has 22 heavy (non-hydrogen) atoms. The second-order valence-corrected chi connectivity index (χ2v) is 5.76. The highest BCUT2D eigenvalue weighted by Gasteiger charge is 2.18. The van der Waals surface area contributed by atoms with E-state index < -0.39 is 0 Å². The van der Waals surface area contributed by atoms with Crippen molar-refractivity contribution in [3.63, 3.8) is 0 Å². The third-order valence-electron chi connectivity index (χ3n) is 4.15. The van der Waals surface area contributed by atoms with E-state index in [9.17, 15) is 0 Å². The molecule has 0 bridgehead atoms.